The Balaban J connectivity index is 1.60. The SMILES string of the molecule is O=C(O)CCCCCCCc1cccc2c1C(c1ccc(O)cc1)(c1ccc(O)cc1)c1ccccc1-2. The van der Waals surface area contributed by atoms with Crippen LogP contribution in [0.25, 0.3) is 11.1 Å². The molecule has 0 heterocycles. The number of phenols is 2. The van der Waals surface area contributed by atoms with Crippen molar-refractivity contribution in [1.82, 2.24) is 0 Å². The number of benzene rings is 4. The fraction of sp³-hybridized carbons (Fsp3) is 0.242. The topological polar surface area (TPSA) is 77.8 Å². The third-order valence-electron chi connectivity index (χ3n) is 7.58. The number of hydrogen-bond donors (Lipinski definition) is 3. The summed E-state index contributed by atoms with van der Waals surface area (Å²) in [6.07, 6.45) is 5.96. The third kappa shape index (κ3) is 4.60. The van der Waals surface area contributed by atoms with Gasteiger partial charge in [-0.3, -0.25) is 4.79 Å². The minimum Gasteiger partial charge on any atom is -0.508 e. The van der Waals surface area contributed by atoms with Gasteiger partial charge in [-0.15, -0.1) is 0 Å². The Kier molecular flexibility index (Phi) is 7.00. The van der Waals surface area contributed by atoms with Crippen LogP contribution in [0.2, 0.25) is 0 Å². The number of fused-ring (bicyclic) bond motifs is 3. The van der Waals surface area contributed by atoms with Crippen molar-refractivity contribution in [2.75, 3.05) is 0 Å². The van der Waals surface area contributed by atoms with Gasteiger partial charge in [-0.2, -0.15) is 0 Å². The molecule has 0 atom stereocenters. The van der Waals surface area contributed by atoms with Gasteiger partial charge in [-0.05, 0) is 82.5 Å². The van der Waals surface area contributed by atoms with E-state index in [9.17, 15) is 15.0 Å². The molecule has 0 saturated heterocycles. The number of unbranched alkanes of at least 4 members (excludes halogenated alkanes) is 4. The summed E-state index contributed by atoms with van der Waals surface area (Å²) < 4.78 is 0. The zero-order valence-corrected chi connectivity index (χ0v) is 20.9. The summed E-state index contributed by atoms with van der Waals surface area (Å²) in [7, 11) is 0. The largest absolute Gasteiger partial charge is 0.508 e. The Bertz CT molecular complexity index is 1340. The molecule has 5 rings (SSSR count). The Labute approximate surface area is 217 Å². The van der Waals surface area contributed by atoms with E-state index in [-0.39, 0.29) is 17.9 Å². The van der Waals surface area contributed by atoms with Gasteiger partial charge in [0.2, 0.25) is 0 Å². The molecule has 188 valence electrons. The Morgan fingerprint density at radius 1 is 0.622 bits per heavy atom. The van der Waals surface area contributed by atoms with Crippen LogP contribution in [-0.4, -0.2) is 21.3 Å². The first-order valence-corrected chi connectivity index (χ1v) is 13.0. The van der Waals surface area contributed by atoms with Crippen LogP contribution in [-0.2, 0) is 16.6 Å². The lowest BCUT2D eigenvalue weighted by atomic mass is 9.66. The summed E-state index contributed by atoms with van der Waals surface area (Å²) >= 11 is 0. The quantitative estimate of drug-likeness (QED) is 0.177. The van der Waals surface area contributed by atoms with E-state index in [1.807, 2.05) is 24.3 Å². The molecule has 1 aliphatic rings. The van der Waals surface area contributed by atoms with Crippen LogP contribution in [0.3, 0.4) is 0 Å². The Hall–Kier alpha value is -4.05. The molecule has 4 aromatic carbocycles. The van der Waals surface area contributed by atoms with E-state index in [1.165, 1.54) is 27.8 Å². The lowest BCUT2D eigenvalue weighted by Crippen LogP contribution is -2.29. The first kappa shape index (κ1) is 24.6. The summed E-state index contributed by atoms with van der Waals surface area (Å²) in [4.78, 5) is 10.8. The second-order valence-corrected chi connectivity index (χ2v) is 9.89. The maximum atomic E-state index is 10.8. The predicted molar refractivity (Wildman–Crippen MR) is 146 cm³/mol. The number of carboxylic acids is 1. The van der Waals surface area contributed by atoms with Crippen LogP contribution in [0.15, 0.2) is 91.0 Å². The molecule has 4 heteroatoms. The van der Waals surface area contributed by atoms with Crippen molar-refractivity contribution < 1.29 is 20.1 Å². The predicted octanol–water partition coefficient (Wildman–Crippen LogP) is 7.43. The molecule has 37 heavy (non-hydrogen) atoms. The van der Waals surface area contributed by atoms with Crippen molar-refractivity contribution >= 4 is 5.97 Å². The average Bonchev–Trinajstić information content (AvgIpc) is 3.21. The summed E-state index contributed by atoms with van der Waals surface area (Å²) in [5.41, 5.74) is 7.74. The zero-order valence-electron chi connectivity index (χ0n) is 20.9. The standard InChI is InChI=1S/C33H32O4/c34-26-19-15-24(16-20-26)33(25-17-21-27(35)22-18-25)30-13-7-6-11-28(30)29-12-8-10-23(32(29)33)9-4-2-1-3-5-14-31(36)37/h6-8,10-13,15-22,34-35H,1-5,9,14H2,(H,36,37). The van der Waals surface area contributed by atoms with E-state index in [1.54, 1.807) is 24.3 Å². The molecule has 0 aromatic heterocycles. The van der Waals surface area contributed by atoms with Crippen molar-refractivity contribution in [2.24, 2.45) is 0 Å². The Morgan fingerprint density at radius 3 is 1.84 bits per heavy atom. The fourth-order valence-corrected chi connectivity index (χ4v) is 5.97. The summed E-state index contributed by atoms with van der Waals surface area (Å²) in [5.74, 6) is -0.265. The number of rotatable bonds is 10. The highest BCUT2D eigenvalue weighted by Crippen LogP contribution is 2.57. The molecule has 0 amide bonds. The second-order valence-electron chi connectivity index (χ2n) is 9.89. The van der Waals surface area contributed by atoms with E-state index in [4.69, 9.17) is 5.11 Å². The highest BCUT2D eigenvalue weighted by molar-refractivity contribution is 5.87. The maximum absolute atomic E-state index is 10.8. The van der Waals surface area contributed by atoms with Crippen LogP contribution in [0.1, 0.15) is 66.3 Å². The molecule has 0 saturated carbocycles. The van der Waals surface area contributed by atoms with Crippen molar-refractivity contribution in [3.63, 3.8) is 0 Å². The van der Waals surface area contributed by atoms with Crippen molar-refractivity contribution in [3.8, 4) is 22.6 Å². The minimum atomic E-state index is -0.723. The van der Waals surface area contributed by atoms with E-state index >= 15 is 0 Å². The molecule has 4 nitrogen and oxygen atoms in total. The summed E-state index contributed by atoms with van der Waals surface area (Å²) in [6, 6.07) is 30.1. The summed E-state index contributed by atoms with van der Waals surface area (Å²) in [6.45, 7) is 0. The van der Waals surface area contributed by atoms with Crippen LogP contribution in [0.5, 0.6) is 11.5 Å². The molecule has 0 fully saturated rings. The monoisotopic (exact) mass is 492 g/mol. The first-order chi connectivity index (χ1) is 18.0. The van der Waals surface area contributed by atoms with Crippen LogP contribution in [0.4, 0.5) is 0 Å². The van der Waals surface area contributed by atoms with Crippen LogP contribution < -0.4 is 0 Å². The van der Waals surface area contributed by atoms with Gasteiger partial charge in [0.05, 0.1) is 5.41 Å². The minimum absolute atomic E-state index is 0.229. The molecular weight excluding hydrogens is 460 g/mol. The molecule has 0 bridgehead atoms. The van der Waals surface area contributed by atoms with Gasteiger partial charge in [0.25, 0.3) is 0 Å². The smallest absolute Gasteiger partial charge is 0.303 e. The molecule has 0 radical (unpaired) electrons. The van der Waals surface area contributed by atoms with Crippen molar-refractivity contribution in [3.05, 3.63) is 119 Å². The molecular formula is C33H32O4. The first-order valence-electron chi connectivity index (χ1n) is 13.0. The number of hydrogen-bond acceptors (Lipinski definition) is 3. The molecule has 0 aliphatic heterocycles. The number of phenolic OH excluding ortho intramolecular Hbond substituents is 2. The summed E-state index contributed by atoms with van der Waals surface area (Å²) in [5, 5.41) is 29.1. The van der Waals surface area contributed by atoms with Gasteiger partial charge in [-0.1, -0.05) is 86.0 Å². The van der Waals surface area contributed by atoms with Crippen molar-refractivity contribution in [2.45, 2.75) is 50.4 Å². The van der Waals surface area contributed by atoms with E-state index in [2.05, 4.69) is 42.5 Å². The van der Waals surface area contributed by atoms with Gasteiger partial charge in [-0.25, -0.2) is 0 Å². The average molecular weight is 493 g/mol. The van der Waals surface area contributed by atoms with E-state index in [0.717, 1.165) is 49.7 Å². The third-order valence-corrected chi connectivity index (χ3v) is 7.58. The van der Waals surface area contributed by atoms with Crippen LogP contribution in [0, 0.1) is 0 Å². The van der Waals surface area contributed by atoms with E-state index in [0.29, 0.717) is 0 Å². The highest BCUT2D eigenvalue weighted by atomic mass is 16.4. The molecule has 0 unspecified atom stereocenters. The highest BCUT2D eigenvalue weighted by Gasteiger charge is 2.47. The maximum Gasteiger partial charge on any atom is 0.303 e. The van der Waals surface area contributed by atoms with Crippen molar-refractivity contribution in [1.29, 1.82) is 0 Å². The number of aryl methyl sites for hydroxylation is 1. The number of carbonyl (C=O) groups is 1. The van der Waals surface area contributed by atoms with E-state index < -0.39 is 11.4 Å². The number of carboxylic acid groups (broad SMARTS) is 1. The number of aliphatic carboxylic acids is 1. The molecule has 4 aromatic rings. The molecule has 1 aliphatic carbocycles. The lowest BCUT2D eigenvalue weighted by molar-refractivity contribution is -0.137. The van der Waals surface area contributed by atoms with Gasteiger partial charge in [0, 0.05) is 6.42 Å². The lowest BCUT2D eigenvalue weighted by Gasteiger charge is -2.35. The van der Waals surface area contributed by atoms with Gasteiger partial charge in [0.1, 0.15) is 11.5 Å². The second kappa shape index (κ2) is 10.5. The Morgan fingerprint density at radius 2 is 1.19 bits per heavy atom. The number of aromatic hydroxyl groups is 2. The molecule has 3 N–H and O–H groups in total. The van der Waals surface area contributed by atoms with Gasteiger partial charge in [0.15, 0.2) is 0 Å². The van der Waals surface area contributed by atoms with Crippen LogP contribution >= 0.6 is 0 Å². The van der Waals surface area contributed by atoms with Gasteiger partial charge >= 0.3 is 5.97 Å². The van der Waals surface area contributed by atoms with Gasteiger partial charge < -0.3 is 15.3 Å². The zero-order chi connectivity index (χ0) is 25.8. The fourth-order valence-electron chi connectivity index (χ4n) is 5.97. The molecule has 0 spiro atoms. The normalized spacial score (nSPS) is 13.2.